The van der Waals surface area contributed by atoms with Crippen LogP contribution in [0.3, 0.4) is 0 Å². The van der Waals surface area contributed by atoms with Crippen molar-refractivity contribution >= 4 is 0 Å². The predicted molar refractivity (Wildman–Crippen MR) is 49.8 cm³/mol. The van der Waals surface area contributed by atoms with Crippen LogP contribution >= 0.6 is 0 Å². The Morgan fingerprint density at radius 3 is 2.83 bits per heavy atom. The van der Waals surface area contributed by atoms with Crippen LogP contribution in [0.5, 0.6) is 0 Å². The molecule has 0 aromatic rings. The molecule has 2 aliphatic carbocycles. The van der Waals surface area contributed by atoms with Crippen molar-refractivity contribution in [2.24, 2.45) is 11.3 Å². The standard InChI is InChI=1S/C11H18O/c1-11(2)6-8-3-9(7-11)5-10(12)4-8/h6,9-10,12H,3-5,7H2,1-2H3. The molecular weight excluding hydrogens is 148 g/mol. The van der Waals surface area contributed by atoms with E-state index in [-0.39, 0.29) is 6.10 Å². The summed E-state index contributed by atoms with van der Waals surface area (Å²) in [5.74, 6) is 0.753. The molecule has 0 aliphatic heterocycles. The van der Waals surface area contributed by atoms with Crippen LogP contribution in [0.25, 0.3) is 0 Å². The Bertz CT molecular complexity index is 215. The molecule has 2 bridgehead atoms. The molecule has 2 unspecified atom stereocenters. The molecule has 0 radical (unpaired) electrons. The molecule has 0 saturated heterocycles. The maximum Gasteiger partial charge on any atom is 0.0580 e. The van der Waals surface area contributed by atoms with Crippen molar-refractivity contribution in [3.63, 3.8) is 0 Å². The minimum absolute atomic E-state index is 0.0499. The normalized spacial score (nSPS) is 39.1. The highest BCUT2D eigenvalue weighted by Crippen LogP contribution is 2.43. The summed E-state index contributed by atoms with van der Waals surface area (Å²) in [6, 6.07) is 0. The monoisotopic (exact) mass is 166 g/mol. The Morgan fingerprint density at radius 2 is 2.17 bits per heavy atom. The second-order valence-electron chi connectivity index (χ2n) is 5.16. The summed E-state index contributed by atoms with van der Waals surface area (Å²) in [5, 5.41) is 9.54. The fourth-order valence-electron chi connectivity index (χ4n) is 2.94. The third-order valence-corrected chi connectivity index (χ3v) is 3.06. The molecule has 2 atom stereocenters. The number of fused-ring (bicyclic) bond motifs is 2. The molecule has 1 saturated carbocycles. The zero-order valence-electron chi connectivity index (χ0n) is 8.01. The first-order valence-electron chi connectivity index (χ1n) is 4.94. The van der Waals surface area contributed by atoms with Crippen molar-refractivity contribution in [2.45, 2.75) is 45.6 Å². The summed E-state index contributed by atoms with van der Waals surface area (Å²) in [7, 11) is 0. The lowest BCUT2D eigenvalue weighted by molar-refractivity contribution is 0.101. The Labute approximate surface area is 74.5 Å². The van der Waals surface area contributed by atoms with Crippen LogP contribution in [0.2, 0.25) is 0 Å². The maximum absolute atomic E-state index is 9.54. The van der Waals surface area contributed by atoms with Gasteiger partial charge < -0.3 is 5.11 Å². The molecule has 0 heterocycles. The van der Waals surface area contributed by atoms with Crippen LogP contribution in [0.1, 0.15) is 39.5 Å². The number of hydrogen-bond donors (Lipinski definition) is 1. The molecule has 2 rings (SSSR count). The third kappa shape index (κ3) is 1.56. The minimum atomic E-state index is -0.0499. The maximum atomic E-state index is 9.54. The molecule has 1 N–H and O–H groups in total. The van der Waals surface area contributed by atoms with Crippen molar-refractivity contribution < 1.29 is 5.11 Å². The van der Waals surface area contributed by atoms with E-state index in [1.807, 2.05) is 0 Å². The highest BCUT2D eigenvalue weighted by Gasteiger charge is 2.33. The summed E-state index contributed by atoms with van der Waals surface area (Å²) in [6.45, 7) is 4.60. The van der Waals surface area contributed by atoms with E-state index in [1.54, 1.807) is 0 Å². The third-order valence-electron chi connectivity index (χ3n) is 3.06. The lowest BCUT2D eigenvalue weighted by Gasteiger charge is -2.39. The Hall–Kier alpha value is -0.300. The Morgan fingerprint density at radius 1 is 1.42 bits per heavy atom. The minimum Gasteiger partial charge on any atom is -0.393 e. The molecule has 0 amide bonds. The van der Waals surface area contributed by atoms with Gasteiger partial charge in [-0.15, -0.1) is 0 Å². The largest absolute Gasteiger partial charge is 0.393 e. The molecule has 12 heavy (non-hydrogen) atoms. The van der Waals surface area contributed by atoms with Gasteiger partial charge in [0.05, 0.1) is 6.10 Å². The average molecular weight is 166 g/mol. The summed E-state index contributed by atoms with van der Waals surface area (Å²) in [6.07, 6.45) is 6.80. The summed E-state index contributed by atoms with van der Waals surface area (Å²) in [5.41, 5.74) is 1.88. The summed E-state index contributed by atoms with van der Waals surface area (Å²) >= 11 is 0. The van der Waals surface area contributed by atoms with Gasteiger partial charge in [0, 0.05) is 0 Å². The van der Waals surface area contributed by atoms with Crippen molar-refractivity contribution in [2.75, 3.05) is 0 Å². The van der Waals surface area contributed by atoms with E-state index in [0.29, 0.717) is 5.41 Å². The highest BCUT2D eigenvalue weighted by atomic mass is 16.3. The van der Waals surface area contributed by atoms with E-state index in [9.17, 15) is 5.11 Å². The first-order valence-corrected chi connectivity index (χ1v) is 4.94. The summed E-state index contributed by atoms with van der Waals surface area (Å²) < 4.78 is 0. The second kappa shape index (κ2) is 2.59. The second-order valence-corrected chi connectivity index (χ2v) is 5.16. The fourth-order valence-corrected chi connectivity index (χ4v) is 2.94. The van der Waals surface area contributed by atoms with Gasteiger partial charge in [-0.1, -0.05) is 25.5 Å². The van der Waals surface area contributed by atoms with Gasteiger partial charge in [-0.2, -0.15) is 0 Å². The van der Waals surface area contributed by atoms with Gasteiger partial charge in [0.2, 0.25) is 0 Å². The van der Waals surface area contributed by atoms with E-state index < -0.39 is 0 Å². The Kier molecular flexibility index (Phi) is 1.80. The fraction of sp³-hybridized carbons (Fsp3) is 0.818. The van der Waals surface area contributed by atoms with Gasteiger partial charge in [0.25, 0.3) is 0 Å². The molecular formula is C11H18O. The van der Waals surface area contributed by atoms with Gasteiger partial charge >= 0.3 is 0 Å². The first kappa shape index (κ1) is 8.31. The van der Waals surface area contributed by atoms with E-state index in [1.165, 1.54) is 18.4 Å². The van der Waals surface area contributed by atoms with Crippen molar-refractivity contribution in [3.8, 4) is 0 Å². The first-order chi connectivity index (χ1) is 5.55. The van der Waals surface area contributed by atoms with Crippen molar-refractivity contribution in [1.29, 1.82) is 0 Å². The van der Waals surface area contributed by atoms with E-state index in [4.69, 9.17) is 0 Å². The Balaban J connectivity index is 2.22. The quantitative estimate of drug-likeness (QED) is 0.548. The molecule has 0 spiro atoms. The molecule has 1 heteroatoms. The van der Waals surface area contributed by atoms with Crippen LogP contribution in [0.15, 0.2) is 11.6 Å². The lowest BCUT2D eigenvalue weighted by Crippen LogP contribution is -2.30. The average Bonchev–Trinajstić information content (AvgIpc) is 1.78. The number of allylic oxidation sites excluding steroid dienone is 1. The van der Waals surface area contributed by atoms with Gasteiger partial charge in [-0.3, -0.25) is 0 Å². The summed E-state index contributed by atoms with van der Waals surface area (Å²) in [4.78, 5) is 0. The molecule has 0 aromatic carbocycles. The van der Waals surface area contributed by atoms with E-state index >= 15 is 0 Å². The zero-order chi connectivity index (χ0) is 8.77. The molecule has 2 aliphatic rings. The lowest BCUT2D eigenvalue weighted by atomic mass is 9.68. The number of aliphatic hydroxyl groups is 1. The van der Waals surface area contributed by atoms with Crippen LogP contribution in [0, 0.1) is 11.3 Å². The molecule has 1 fully saturated rings. The van der Waals surface area contributed by atoms with Gasteiger partial charge in [0.1, 0.15) is 0 Å². The van der Waals surface area contributed by atoms with Gasteiger partial charge in [-0.25, -0.2) is 0 Å². The molecule has 1 nitrogen and oxygen atoms in total. The topological polar surface area (TPSA) is 20.2 Å². The van der Waals surface area contributed by atoms with Crippen molar-refractivity contribution in [3.05, 3.63) is 11.6 Å². The number of rotatable bonds is 0. The number of aliphatic hydroxyl groups excluding tert-OH is 1. The SMILES string of the molecule is CC1(C)C=C2CC(O)CC(C2)C1. The van der Waals surface area contributed by atoms with Crippen LogP contribution in [0.4, 0.5) is 0 Å². The van der Waals surface area contributed by atoms with Gasteiger partial charge in [0.15, 0.2) is 0 Å². The smallest absolute Gasteiger partial charge is 0.0580 e. The predicted octanol–water partition coefficient (Wildman–Crippen LogP) is 2.50. The van der Waals surface area contributed by atoms with Crippen molar-refractivity contribution in [1.82, 2.24) is 0 Å². The van der Waals surface area contributed by atoms with Crippen LogP contribution in [-0.2, 0) is 0 Å². The highest BCUT2D eigenvalue weighted by molar-refractivity contribution is 5.16. The number of hydrogen-bond acceptors (Lipinski definition) is 1. The molecule has 68 valence electrons. The van der Waals surface area contributed by atoms with Crippen LogP contribution in [-0.4, -0.2) is 11.2 Å². The molecule has 0 aromatic heterocycles. The zero-order valence-corrected chi connectivity index (χ0v) is 8.01. The van der Waals surface area contributed by atoms with E-state index in [2.05, 4.69) is 19.9 Å². The van der Waals surface area contributed by atoms with E-state index in [0.717, 1.165) is 18.8 Å². The van der Waals surface area contributed by atoms with Gasteiger partial charge in [-0.05, 0) is 37.0 Å². The van der Waals surface area contributed by atoms with Crippen LogP contribution < -0.4 is 0 Å².